The summed E-state index contributed by atoms with van der Waals surface area (Å²) in [7, 11) is 0. The van der Waals surface area contributed by atoms with Gasteiger partial charge >= 0.3 is 6.09 Å². The predicted octanol–water partition coefficient (Wildman–Crippen LogP) is -0.110. The molecule has 1 spiro atoms. The highest BCUT2D eigenvalue weighted by atomic mass is 16.6. The summed E-state index contributed by atoms with van der Waals surface area (Å²) in [5.74, 6) is -1.51. The van der Waals surface area contributed by atoms with Crippen molar-refractivity contribution < 1.29 is 28.7 Å². The van der Waals surface area contributed by atoms with Gasteiger partial charge in [-0.25, -0.2) is 4.79 Å². The van der Waals surface area contributed by atoms with E-state index in [9.17, 15) is 24.0 Å². The number of hydrogen-bond donors (Lipinski definition) is 1. The monoisotopic (exact) mass is 410 g/mol. The van der Waals surface area contributed by atoms with E-state index in [1.165, 1.54) is 28.5 Å². The first-order valence-corrected chi connectivity index (χ1v) is 9.64. The van der Waals surface area contributed by atoms with Crippen LogP contribution < -0.4 is 5.73 Å². The second-order valence-corrected chi connectivity index (χ2v) is 8.67. The van der Waals surface area contributed by atoms with E-state index in [1.807, 2.05) is 0 Å². The van der Waals surface area contributed by atoms with Gasteiger partial charge in [0.25, 0.3) is 5.91 Å². The molecule has 2 atom stereocenters. The molecule has 2 aliphatic heterocycles. The van der Waals surface area contributed by atoms with E-state index in [4.69, 9.17) is 10.5 Å². The Kier molecular flexibility index (Phi) is 6.24. The average Bonchev–Trinajstić information content (AvgIpc) is 2.58. The molecule has 2 rings (SSSR count). The summed E-state index contributed by atoms with van der Waals surface area (Å²) >= 11 is 0. The Balaban J connectivity index is 2.22. The van der Waals surface area contributed by atoms with Crippen molar-refractivity contribution in [1.82, 2.24) is 14.7 Å². The molecule has 1 unspecified atom stereocenters. The number of rotatable bonds is 5. The molecule has 162 valence electrons. The van der Waals surface area contributed by atoms with Crippen LogP contribution in [0.25, 0.3) is 0 Å². The highest BCUT2D eigenvalue weighted by Crippen LogP contribution is 2.36. The van der Waals surface area contributed by atoms with Gasteiger partial charge < -0.3 is 25.2 Å². The fourth-order valence-corrected chi connectivity index (χ4v) is 3.88. The van der Waals surface area contributed by atoms with E-state index in [1.54, 1.807) is 20.8 Å². The van der Waals surface area contributed by atoms with Crippen LogP contribution in [0.4, 0.5) is 4.79 Å². The van der Waals surface area contributed by atoms with Crippen LogP contribution in [0.5, 0.6) is 0 Å². The van der Waals surface area contributed by atoms with E-state index in [-0.39, 0.29) is 50.7 Å². The molecule has 0 saturated carbocycles. The number of piperazine rings is 1. The highest BCUT2D eigenvalue weighted by molar-refractivity contribution is 6.00. The Morgan fingerprint density at radius 2 is 1.76 bits per heavy atom. The zero-order valence-electron chi connectivity index (χ0n) is 17.7. The van der Waals surface area contributed by atoms with Gasteiger partial charge in [0.1, 0.15) is 5.60 Å². The number of nitrogens with two attached hydrogens (primary N) is 1. The van der Waals surface area contributed by atoms with Crippen molar-refractivity contribution in [2.45, 2.75) is 64.6 Å². The van der Waals surface area contributed by atoms with Gasteiger partial charge in [0, 0.05) is 26.4 Å². The van der Waals surface area contributed by atoms with Crippen LogP contribution in [0.15, 0.2) is 0 Å². The van der Waals surface area contributed by atoms with Crippen LogP contribution in [-0.2, 0) is 23.9 Å². The summed E-state index contributed by atoms with van der Waals surface area (Å²) in [6.45, 7) is 8.51. The number of nitrogens with zero attached hydrogens (tertiary/aromatic N) is 3. The van der Waals surface area contributed by atoms with Crippen molar-refractivity contribution in [3.63, 3.8) is 0 Å². The standard InChI is InChI=1S/C19H30N4O6/c1-12(24)14(6-7-15(20)26)22-11-19(16(22)27)10-21(8-9-23(19)13(2)25)17(28)29-18(3,4)5/h14H,6-11H2,1-5H3,(H2,20,26)/t14-,19?/m0/s1. The lowest BCUT2D eigenvalue weighted by molar-refractivity contribution is -0.182. The van der Waals surface area contributed by atoms with Gasteiger partial charge in [-0.1, -0.05) is 0 Å². The number of carbonyl (C=O) groups is 5. The van der Waals surface area contributed by atoms with E-state index in [2.05, 4.69) is 0 Å². The van der Waals surface area contributed by atoms with Crippen LogP contribution in [-0.4, -0.2) is 87.7 Å². The van der Waals surface area contributed by atoms with E-state index in [0.29, 0.717) is 0 Å². The summed E-state index contributed by atoms with van der Waals surface area (Å²) in [6, 6.07) is -0.786. The molecule has 10 heteroatoms. The second-order valence-electron chi connectivity index (χ2n) is 8.67. The zero-order chi connectivity index (χ0) is 22.1. The first kappa shape index (κ1) is 22.6. The maximum atomic E-state index is 13.2. The van der Waals surface area contributed by atoms with E-state index < -0.39 is 35.1 Å². The van der Waals surface area contributed by atoms with Crippen molar-refractivity contribution in [1.29, 1.82) is 0 Å². The van der Waals surface area contributed by atoms with Gasteiger partial charge in [0.15, 0.2) is 11.3 Å². The molecule has 0 aromatic carbocycles. The second kappa shape index (κ2) is 8.00. The van der Waals surface area contributed by atoms with Crippen molar-refractivity contribution in [3.05, 3.63) is 0 Å². The molecule has 2 saturated heterocycles. The van der Waals surface area contributed by atoms with Crippen LogP contribution in [0.2, 0.25) is 0 Å². The van der Waals surface area contributed by atoms with Gasteiger partial charge in [0.2, 0.25) is 11.8 Å². The Morgan fingerprint density at radius 1 is 1.14 bits per heavy atom. The number of ketones is 1. The number of ether oxygens (including phenoxy) is 1. The minimum atomic E-state index is -1.22. The summed E-state index contributed by atoms with van der Waals surface area (Å²) < 4.78 is 5.40. The molecule has 0 bridgehead atoms. The van der Waals surface area contributed by atoms with E-state index in [0.717, 1.165) is 0 Å². The van der Waals surface area contributed by atoms with Crippen LogP contribution in [0.1, 0.15) is 47.5 Å². The molecule has 2 aliphatic rings. The molecule has 0 aromatic heterocycles. The zero-order valence-corrected chi connectivity index (χ0v) is 17.7. The Morgan fingerprint density at radius 3 is 2.21 bits per heavy atom. The van der Waals surface area contributed by atoms with Crippen LogP contribution >= 0.6 is 0 Å². The summed E-state index contributed by atoms with van der Waals surface area (Å²) in [4.78, 5) is 65.2. The fraction of sp³-hybridized carbons (Fsp3) is 0.737. The predicted molar refractivity (Wildman–Crippen MR) is 103 cm³/mol. The molecule has 2 fully saturated rings. The van der Waals surface area contributed by atoms with E-state index >= 15 is 0 Å². The molecular formula is C19H30N4O6. The molecule has 4 amide bonds. The minimum absolute atomic E-state index is 0.00271. The van der Waals surface area contributed by atoms with Crippen molar-refractivity contribution in [3.8, 4) is 0 Å². The Labute approximate surface area is 170 Å². The Bertz CT molecular complexity index is 731. The molecule has 2 heterocycles. The number of β-lactam (4-membered cyclic amide) rings is 1. The SMILES string of the molecule is CC(=O)[C@H](CCC(N)=O)N1CC2(CN(C(=O)OC(C)(C)C)CCN2C(C)=O)C1=O. The number of hydrogen-bond acceptors (Lipinski definition) is 6. The third kappa shape index (κ3) is 4.68. The summed E-state index contributed by atoms with van der Waals surface area (Å²) in [5, 5.41) is 0. The average molecular weight is 410 g/mol. The minimum Gasteiger partial charge on any atom is -0.444 e. The Hall–Kier alpha value is -2.65. The van der Waals surface area contributed by atoms with Gasteiger partial charge in [-0.05, 0) is 34.1 Å². The lowest BCUT2D eigenvalue weighted by Gasteiger charge is -2.59. The molecule has 0 aliphatic carbocycles. The normalized spacial score (nSPS) is 22.9. The number of likely N-dealkylation sites (tertiary alicyclic amines) is 1. The van der Waals surface area contributed by atoms with Crippen molar-refractivity contribution in [2.24, 2.45) is 5.73 Å². The van der Waals surface area contributed by atoms with Gasteiger partial charge in [-0.3, -0.25) is 19.2 Å². The van der Waals surface area contributed by atoms with Gasteiger partial charge in [-0.15, -0.1) is 0 Å². The van der Waals surface area contributed by atoms with Crippen molar-refractivity contribution in [2.75, 3.05) is 26.2 Å². The molecule has 2 N–H and O–H groups in total. The smallest absolute Gasteiger partial charge is 0.410 e. The number of primary amides is 1. The molecular weight excluding hydrogens is 380 g/mol. The maximum Gasteiger partial charge on any atom is 0.410 e. The highest BCUT2D eigenvalue weighted by Gasteiger charge is 2.61. The fourth-order valence-electron chi connectivity index (χ4n) is 3.88. The molecule has 0 aromatic rings. The summed E-state index contributed by atoms with van der Waals surface area (Å²) in [5.41, 5.74) is 3.26. The first-order chi connectivity index (χ1) is 13.3. The third-order valence-corrected chi connectivity index (χ3v) is 5.19. The molecule has 29 heavy (non-hydrogen) atoms. The number of carbonyl (C=O) groups excluding carboxylic acids is 5. The molecule has 10 nitrogen and oxygen atoms in total. The first-order valence-electron chi connectivity index (χ1n) is 9.64. The maximum absolute atomic E-state index is 13.2. The van der Waals surface area contributed by atoms with Crippen LogP contribution in [0.3, 0.4) is 0 Å². The number of Topliss-reactive ketones (excluding diaryl/α,β-unsaturated/α-hetero) is 1. The van der Waals surface area contributed by atoms with Crippen LogP contribution in [0, 0.1) is 0 Å². The third-order valence-electron chi connectivity index (χ3n) is 5.19. The lowest BCUT2D eigenvalue weighted by Crippen LogP contribution is -2.82. The largest absolute Gasteiger partial charge is 0.444 e. The summed E-state index contributed by atoms with van der Waals surface area (Å²) in [6.07, 6.45) is -0.452. The molecule has 0 radical (unpaired) electrons. The number of amides is 4. The lowest BCUT2D eigenvalue weighted by atomic mass is 9.81. The topological polar surface area (TPSA) is 130 Å². The van der Waals surface area contributed by atoms with Crippen molar-refractivity contribution >= 4 is 29.6 Å². The van der Waals surface area contributed by atoms with Gasteiger partial charge in [-0.2, -0.15) is 0 Å². The quantitative estimate of drug-likeness (QED) is 0.629. The van der Waals surface area contributed by atoms with Gasteiger partial charge in [0.05, 0.1) is 19.1 Å².